The van der Waals surface area contributed by atoms with Gasteiger partial charge in [0.15, 0.2) is 0 Å². The van der Waals surface area contributed by atoms with Crippen molar-refractivity contribution in [3.05, 3.63) is 11.9 Å². The van der Waals surface area contributed by atoms with Gasteiger partial charge in [-0.15, -0.1) is 5.10 Å². The first-order chi connectivity index (χ1) is 6.83. The fourth-order valence-corrected chi connectivity index (χ4v) is 1.56. The van der Waals surface area contributed by atoms with Crippen LogP contribution in [0.15, 0.2) is 6.20 Å². The van der Waals surface area contributed by atoms with Crippen molar-refractivity contribution in [3.63, 3.8) is 0 Å². The average molecular weight is 195 g/mol. The zero-order chi connectivity index (χ0) is 10.2. The van der Waals surface area contributed by atoms with E-state index in [1.54, 1.807) is 0 Å². The van der Waals surface area contributed by atoms with Gasteiger partial charge in [0.2, 0.25) is 0 Å². The molecule has 0 aliphatic carbocycles. The van der Waals surface area contributed by atoms with E-state index in [2.05, 4.69) is 17.2 Å². The lowest BCUT2D eigenvalue weighted by Gasteiger charge is -2.00. The van der Waals surface area contributed by atoms with Crippen molar-refractivity contribution in [2.45, 2.75) is 58.9 Å². The summed E-state index contributed by atoms with van der Waals surface area (Å²) in [7, 11) is 0. The number of nitrogens with zero attached hydrogens (tertiary/aromatic N) is 3. The molecule has 14 heavy (non-hydrogen) atoms. The lowest BCUT2D eigenvalue weighted by molar-refractivity contribution is 0.516. The summed E-state index contributed by atoms with van der Waals surface area (Å²) in [6.07, 6.45) is 10.00. The topological polar surface area (TPSA) is 30.7 Å². The molecule has 1 aromatic rings. The number of aromatic nitrogens is 3. The molecule has 0 amide bonds. The summed E-state index contributed by atoms with van der Waals surface area (Å²) in [5, 5.41) is 7.97. The fraction of sp³-hybridized carbons (Fsp3) is 0.818. The van der Waals surface area contributed by atoms with Crippen LogP contribution in [0.5, 0.6) is 0 Å². The second-order valence-corrected chi connectivity index (χ2v) is 3.89. The second kappa shape index (κ2) is 6.57. The van der Waals surface area contributed by atoms with Gasteiger partial charge in [0, 0.05) is 12.7 Å². The molecule has 1 heterocycles. The average Bonchev–Trinajstić information content (AvgIpc) is 2.58. The standard InChI is InChI=1S/C11H21N3/c1-3-4-5-6-7-8-9-14-10-11(2)12-13-14/h10H,3-9H2,1-2H3. The van der Waals surface area contributed by atoms with Gasteiger partial charge in [0.05, 0.1) is 5.69 Å². The molecular formula is C11H21N3. The summed E-state index contributed by atoms with van der Waals surface area (Å²) in [6, 6.07) is 0. The number of rotatable bonds is 7. The van der Waals surface area contributed by atoms with Crippen LogP contribution < -0.4 is 0 Å². The highest BCUT2D eigenvalue weighted by Crippen LogP contribution is 2.05. The molecule has 0 radical (unpaired) electrons. The van der Waals surface area contributed by atoms with Crippen LogP contribution in [0.4, 0.5) is 0 Å². The first kappa shape index (κ1) is 11.2. The Labute approximate surface area is 86.5 Å². The summed E-state index contributed by atoms with van der Waals surface area (Å²) in [4.78, 5) is 0. The molecule has 1 rings (SSSR count). The Morgan fingerprint density at radius 1 is 1.14 bits per heavy atom. The SMILES string of the molecule is CCCCCCCCn1cc(C)nn1. The van der Waals surface area contributed by atoms with Gasteiger partial charge in [0.25, 0.3) is 0 Å². The van der Waals surface area contributed by atoms with E-state index in [9.17, 15) is 0 Å². The zero-order valence-electron chi connectivity index (χ0n) is 9.37. The molecule has 0 aliphatic rings. The largest absolute Gasteiger partial charge is 0.252 e. The number of hydrogen-bond acceptors (Lipinski definition) is 2. The summed E-state index contributed by atoms with van der Waals surface area (Å²) in [5.74, 6) is 0. The molecule has 0 spiro atoms. The Bertz CT molecular complexity index is 242. The van der Waals surface area contributed by atoms with Gasteiger partial charge in [-0.05, 0) is 13.3 Å². The third-order valence-corrected chi connectivity index (χ3v) is 2.39. The highest BCUT2D eigenvalue weighted by Gasteiger charge is 1.95. The van der Waals surface area contributed by atoms with E-state index in [1.807, 2.05) is 17.8 Å². The summed E-state index contributed by atoms with van der Waals surface area (Å²) < 4.78 is 1.94. The molecule has 0 saturated heterocycles. The van der Waals surface area contributed by atoms with E-state index >= 15 is 0 Å². The van der Waals surface area contributed by atoms with E-state index in [4.69, 9.17) is 0 Å². The Morgan fingerprint density at radius 3 is 2.50 bits per heavy atom. The third kappa shape index (κ3) is 4.40. The predicted octanol–water partition coefficient (Wildman–Crippen LogP) is 2.95. The van der Waals surface area contributed by atoms with Crippen molar-refractivity contribution in [1.29, 1.82) is 0 Å². The maximum Gasteiger partial charge on any atom is 0.0796 e. The Hall–Kier alpha value is -0.860. The highest BCUT2D eigenvalue weighted by atomic mass is 15.4. The Morgan fingerprint density at radius 2 is 1.86 bits per heavy atom. The lowest BCUT2D eigenvalue weighted by Crippen LogP contribution is -1.98. The summed E-state index contributed by atoms with van der Waals surface area (Å²) in [6.45, 7) is 5.25. The van der Waals surface area contributed by atoms with Crippen LogP contribution in [-0.2, 0) is 6.54 Å². The monoisotopic (exact) mass is 195 g/mol. The van der Waals surface area contributed by atoms with Crippen LogP contribution in [0.3, 0.4) is 0 Å². The van der Waals surface area contributed by atoms with Gasteiger partial charge in [0.1, 0.15) is 0 Å². The first-order valence-electron chi connectivity index (χ1n) is 5.69. The number of aryl methyl sites for hydroxylation is 2. The molecule has 0 unspecified atom stereocenters. The maximum absolute atomic E-state index is 4.02. The molecule has 80 valence electrons. The van der Waals surface area contributed by atoms with Gasteiger partial charge in [-0.3, -0.25) is 4.68 Å². The summed E-state index contributed by atoms with van der Waals surface area (Å²) >= 11 is 0. The predicted molar refractivity (Wildman–Crippen MR) is 58.1 cm³/mol. The van der Waals surface area contributed by atoms with Gasteiger partial charge < -0.3 is 0 Å². The van der Waals surface area contributed by atoms with Gasteiger partial charge in [-0.1, -0.05) is 44.2 Å². The molecule has 3 nitrogen and oxygen atoms in total. The Kier molecular flexibility index (Phi) is 5.27. The van der Waals surface area contributed by atoms with Crippen molar-refractivity contribution in [1.82, 2.24) is 15.0 Å². The molecule has 0 N–H and O–H groups in total. The maximum atomic E-state index is 4.02. The molecular weight excluding hydrogens is 174 g/mol. The quantitative estimate of drug-likeness (QED) is 0.626. The van der Waals surface area contributed by atoms with Crippen LogP contribution in [-0.4, -0.2) is 15.0 Å². The minimum absolute atomic E-state index is 1.01. The highest BCUT2D eigenvalue weighted by molar-refractivity contribution is 4.86. The molecule has 0 aromatic carbocycles. The normalized spacial score (nSPS) is 10.7. The summed E-state index contributed by atoms with van der Waals surface area (Å²) in [5.41, 5.74) is 1.01. The van der Waals surface area contributed by atoms with Crippen molar-refractivity contribution in [2.75, 3.05) is 0 Å². The molecule has 0 saturated carbocycles. The van der Waals surface area contributed by atoms with E-state index < -0.39 is 0 Å². The van der Waals surface area contributed by atoms with E-state index in [-0.39, 0.29) is 0 Å². The van der Waals surface area contributed by atoms with E-state index in [1.165, 1.54) is 38.5 Å². The van der Waals surface area contributed by atoms with Gasteiger partial charge >= 0.3 is 0 Å². The number of unbranched alkanes of at least 4 members (excludes halogenated alkanes) is 5. The van der Waals surface area contributed by atoms with Crippen LogP contribution in [0.25, 0.3) is 0 Å². The van der Waals surface area contributed by atoms with Crippen molar-refractivity contribution in [3.8, 4) is 0 Å². The Balaban J connectivity index is 1.99. The second-order valence-electron chi connectivity index (χ2n) is 3.89. The molecule has 3 heteroatoms. The first-order valence-corrected chi connectivity index (χ1v) is 5.69. The molecule has 0 atom stereocenters. The zero-order valence-corrected chi connectivity index (χ0v) is 9.37. The van der Waals surface area contributed by atoms with Crippen LogP contribution in [0, 0.1) is 6.92 Å². The third-order valence-electron chi connectivity index (χ3n) is 2.39. The molecule has 0 aliphatic heterocycles. The van der Waals surface area contributed by atoms with Gasteiger partial charge in [-0.2, -0.15) is 0 Å². The van der Waals surface area contributed by atoms with Gasteiger partial charge in [-0.25, -0.2) is 0 Å². The van der Waals surface area contributed by atoms with E-state index in [0.29, 0.717) is 0 Å². The van der Waals surface area contributed by atoms with Crippen molar-refractivity contribution in [2.24, 2.45) is 0 Å². The minimum atomic E-state index is 1.01. The lowest BCUT2D eigenvalue weighted by atomic mass is 10.1. The number of hydrogen-bond donors (Lipinski definition) is 0. The van der Waals surface area contributed by atoms with Crippen LogP contribution in [0.1, 0.15) is 51.1 Å². The van der Waals surface area contributed by atoms with Crippen LogP contribution >= 0.6 is 0 Å². The van der Waals surface area contributed by atoms with Crippen LogP contribution in [0.2, 0.25) is 0 Å². The molecule has 1 aromatic heterocycles. The molecule has 0 fully saturated rings. The smallest absolute Gasteiger partial charge is 0.0796 e. The molecule has 0 bridgehead atoms. The van der Waals surface area contributed by atoms with Crippen molar-refractivity contribution >= 4 is 0 Å². The minimum Gasteiger partial charge on any atom is -0.252 e. The van der Waals surface area contributed by atoms with E-state index in [0.717, 1.165) is 12.2 Å². The fourth-order valence-electron chi connectivity index (χ4n) is 1.56. The van der Waals surface area contributed by atoms with Crippen molar-refractivity contribution < 1.29 is 0 Å².